The zero-order valence-electron chi connectivity index (χ0n) is 17.3. The molecule has 0 radical (unpaired) electrons. The van der Waals surface area contributed by atoms with E-state index in [4.69, 9.17) is 4.74 Å². The Morgan fingerprint density at radius 1 is 1.22 bits per heavy atom. The smallest absolute Gasteiger partial charge is 0.410 e. The Hall–Kier alpha value is -2.17. The minimum Gasteiger partial charge on any atom is -0.444 e. The fourth-order valence-corrected chi connectivity index (χ4v) is 3.90. The van der Waals surface area contributed by atoms with Gasteiger partial charge in [-0.3, -0.25) is 0 Å². The fraction of sp³-hybridized carbons (Fsp3) is 0.591. The Labute approximate surface area is 162 Å². The molecule has 1 amide bonds. The van der Waals surface area contributed by atoms with E-state index in [1.165, 1.54) is 21.8 Å². The molecule has 1 fully saturated rings. The third kappa shape index (κ3) is 4.76. The monoisotopic (exact) mass is 371 g/mol. The number of likely N-dealkylation sites (tertiary alicyclic amines) is 1. The van der Waals surface area contributed by atoms with Crippen LogP contribution >= 0.6 is 0 Å². The highest BCUT2D eigenvalue weighted by atomic mass is 16.6. The van der Waals surface area contributed by atoms with Crippen molar-refractivity contribution in [3.63, 3.8) is 0 Å². The lowest BCUT2D eigenvalue weighted by Crippen LogP contribution is -2.46. The van der Waals surface area contributed by atoms with E-state index in [-0.39, 0.29) is 6.09 Å². The third-order valence-electron chi connectivity index (χ3n) is 5.55. The van der Waals surface area contributed by atoms with Crippen molar-refractivity contribution < 1.29 is 9.53 Å². The van der Waals surface area contributed by atoms with Crippen LogP contribution in [0.3, 0.4) is 0 Å². The quantitative estimate of drug-likeness (QED) is 0.869. The number of nitrogens with zero attached hydrogens (tertiary/aromatic N) is 2. The normalized spacial score (nSPS) is 24.0. The van der Waals surface area contributed by atoms with E-state index in [2.05, 4.69) is 42.1 Å². The maximum Gasteiger partial charge on any atom is 0.410 e. The topological polar surface area (TPSA) is 48.6 Å². The fourth-order valence-electron chi connectivity index (χ4n) is 3.90. The molecule has 0 spiro atoms. The summed E-state index contributed by atoms with van der Waals surface area (Å²) in [6, 6.07) is 2.63. The summed E-state index contributed by atoms with van der Waals surface area (Å²) in [4.78, 5) is 19.9. The van der Waals surface area contributed by atoms with Crippen LogP contribution in [0.4, 0.5) is 4.79 Å². The number of aromatic amines is 1. The summed E-state index contributed by atoms with van der Waals surface area (Å²) in [5, 5.41) is 2.52. The number of carbonyl (C=O) groups excluding carboxylic acids is 1. The van der Waals surface area contributed by atoms with Gasteiger partial charge in [0, 0.05) is 43.4 Å². The van der Waals surface area contributed by atoms with Crippen molar-refractivity contribution in [1.82, 2.24) is 14.8 Å². The molecule has 1 aliphatic heterocycles. The molecule has 1 saturated heterocycles. The number of hydrogen-bond acceptors (Lipinski definition) is 3. The van der Waals surface area contributed by atoms with Crippen molar-refractivity contribution in [2.75, 3.05) is 20.1 Å². The predicted molar refractivity (Wildman–Crippen MR) is 109 cm³/mol. The van der Waals surface area contributed by atoms with Crippen LogP contribution in [-0.2, 0) is 4.74 Å². The van der Waals surface area contributed by atoms with Crippen LogP contribution in [0.5, 0.6) is 0 Å². The number of amides is 1. The van der Waals surface area contributed by atoms with Crippen LogP contribution in [0, 0.1) is 0 Å². The molecule has 0 bridgehead atoms. The number of carbonyl (C=O) groups is 1. The molecule has 148 valence electrons. The molecular weight excluding hydrogens is 338 g/mol. The van der Waals surface area contributed by atoms with E-state index in [0.29, 0.717) is 6.04 Å². The molecule has 0 aromatic carbocycles. The summed E-state index contributed by atoms with van der Waals surface area (Å²) in [7, 11) is 2.19. The molecule has 1 aliphatic carbocycles. The summed E-state index contributed by atoms with van der Waals surface area (Å²) in [6.45, 7) is 9.48. The largest absolute Gasteiger partial charge is 0.444 e. The molecule has 1 aromatic heterocycles. The minimum atomic E-state index is -0.435. The van der Waals surface area contributed by atoms with Crippen molar-refractivity contribution in [2.45, 2.75) is 65.0 Å². The molecule has 3 rings (SSSR count). The number of ether oxygens (including phenoxy) is 1. The first-order chi connectivity index (χ1) is 12.7. The van der Waals surface area contributed by atoms with Gasteiger partial charge in [-0.05, 0) is 76.8 Å². The summed E-state index contributed by atoms with van der Waals surface area (Å²) < 4.78 is 5.51. The maximum atomic E-state index is 12.3. The van der Waals surface area contributed by atoms with Crippen LogP contribution in [0.2, 0.25) is 0 Å². The first-order valence-corrected chi connectivity index (χ1v) is 9.99. The van der Waals surface area contributed by atoms with Crippen molar-refractivity contribution in [1.29, 1.82) is 0 Å². The van der Waals surface area contributed by atoms with Gasteiger partial charge in [0.25, 0.3) is 0 Å². The lowest BCUT2D eigenvalue weighted by Gasteiger charge is -2.39. The standard InChI is InChI=1S/C22H33N3O2/c1-16-6-7-17(8-9-20-19(16)10-13-23-20)24(5)18-11-14-25(15-12-18)21(26)27-22(2,3)4/h8-10,13,18,23H,6-7,11-12,14-15H2,1-5H3/b17-8+,19-16+,20-9+. The number of fused-ring (bicyclic) bond motifs is 1. The highest BCUT2D eigenvalue weighted by molar-refractivity contribution is 5.68. The summed E-state index contributed by atoms with van der Waals surface area (Å²) in [5.74, 6) is 0. The molecule has 0 saturated carbocycles. The Balaban J connectivity index is 1.64. The third-order valence-corrected chi connectivity index (χ3v) is 5.55. The van der Waals surface area contributed by atoms with Crippen LogP contribution in [0.25, 0.3) is 11.6 Å². The van der Waals surface area contributed by atoms with E-state index < -0.39 is 5.60 Å². The molecule has 27 heavy (non-hydrogen) atoms. The van der Waals surface area contributed by atoms with Crippen LogP contribution < -0.4 is 10.6 Å². The average Bonchev–Trinajstić information content (AvgIpc) is 3.06. The number of aromatic nitrogens is 1. The van der Waals surface area contributed by atoms with Gasteiger partial charge in [0.05, 0.1) is 0 Å². The second kappa shape index (κ2) is 7.83. The van der Waals surface area contributed by atoms with Gasteiger partial charge in [-0.2, -0.15) is 0 Å². The first kappa shape index (κ1) is 19.6. The highest BCUT2D eigenvalue weighted by Crippen LogP contribution is 2.24. The second-order valence-electron chi connectivity index (χ2n) is 8.72. The summed E-state index contributed by atoms with van der Waals surface area (Å²) >= 11 is 0. The zero-order valence-corrected chi connectivity index (χ0v) is 17.3. The maximum absolute atomic E-state index is 12.3. The zero-order chi connectivity index (χ0) is 19.6. The minimum absolute atomic E-state index is 0.188. The van der Waals surface area contributed by atoms with Gasteiger partial charge in [0.2, 0.25) is 0 Å². The van der Waals surface area contributed by atoms with E-state index in [1.807, 2.05) is 31.9 Å². The molecule has 1 aromatic rings. The van der Waals surface area contributed by atoms with Crippen molar-refractivity contribution >= 4 is 17.7 Å². The summed E-state index contributed by atoms with van der Waals surface area (Å²) in [6.07, 6.45) is 10.3. The molecule has 2 heterocycles. The van der Waals surface area contributed by atoms with E-state index in [9.17, 15) is 4.79 Å². The van der Waals surface area contributed by atoms with Gasteiger partial charge >= 0.3 is 6.09 Å². The van der Waals surface area contributed by atoms with Gasteiger partial charge in [0.1, 0.15) is 5.60 Å². The molecule has 0 atom stereocenters. The van der Waals surface area contributed by atoms with Crippen molar-refractivity contribution in [2.24, 2.45) is 0 Å². The van der Waals surface area contributed by atoms with Gasteiger partial charge in [-0.25, -0.2) is 4.79 Å². The highest BCUT2D eigenvalue weighted by Gasteiger charge is 2.29. The first-order valence-electron chi connectivity index (χ1n) is 9.99. The Bertz CT molecular complexity index is 820. The molecule has 5 nitrogen and oxygen atoms in total. The number of rotatable bonds is 2. The molecular formula is C22H33N3O2. The molecule has 1 N–H and O–H groups in total. The Kier molecular flexibility index (Phi) is 5.68. The summed E-state index contributed by atoms with van der Waals surface area (Å²) in [5.41, 5.74) is 2.36. The van der Waals surface area contributed by atoms with E-state index in [0.717, 1.165) is 38.8 Å². The van der Waals surface area contributed by atoms with Gasteiger partial charge in [0.15, 0.2) is 0 Å². The van der Waals surface area contributed by atoms with Crippen LogP contribution in [0.15, 0.2) is 24.0 Å². The van der Waals surface area contributed by atoms with Crippen molar-refractivity contribution in [3.8, 4) is 0 Å². The van der Waals surface area contributed by atoms with Gasteiger partial charge in [-0.15, -0.1) is 0 Å². The number of allylic oxidation sites excluding steroid dienone is 2. The number of piperidine rings is 1. The number of nitrogens with one attached hydrogen (secondary N) is 1. The van der Waals surface area contributed by atoms with Crippen LogP contribution in [-0.4, -0.2) is 52.7 Å². The second-order valence-corrected chi connectivity index (χ2v) is 8.72. The van der Waals surface area contributed by atoms with Crippen molar-refractivity contribution in [3.05, 3.63) is 34.6 Å². The van der Waals surface area contributed by atoms with E-state index >= 15 is 0 Å². The SMILES string of the molecule is C/C1=c2/cc[nH]/c2=C/C=C(/N(C)C2CCN(C(=O)OC(C)(C)C)CC2)CC1. The van der Waals surface area contributed by atoms with E-state index in [1.54, 1.807) is 0 Å². The average molecular weight is 372 g/mol. The Morgan fingerprint density at radius 2 is 1.93 bits per heavy atom. The number of H-pyrrole nitrogens is 1. The Morgan fingerprint density at radius 3 is 2.59 bits per heavy atom. The lowest BCUT2D eigenvalue weighted by molar-refractivity contribution is 0.0169. The van der Waals surface area contributed by atoms with Gasteiger partial charge in [-0.1, -0.05) is 5.57 Å². The van der Waals surface area contributed by atoms with Gasteiger partial charge < -0.3 is 19.5 Å². The molecule has 0 unspecified atom stereocenters. The van der Waals surface area contributed by atoms with Crippen LogP contribution in [0.1, 0.15) is 53.4 Å². The molecule has 2 aliphatic rings. The number of hydrogen-bond donors (Lipinski definition) is 1. The molecule has 5 heteroatoms. The lowest BCUT2D eigenvalue weighted by atomic mass is 10.00. The predicted octanol–water partition coefficient (Wildman–Crippen LogP) is 2.97.